The van der Waals surface area contributed by atoms with Crippen molar-refractivity contribution >= 4 is 22.7 Å². The van der Waals surface area contributed by atoms with Crippen LogP contribution in [0.5, 0.6) is 0 Å². The number of aromatic nitrogens is 1. The fourth-order valence-corrected chi connectivity index (χ4v) is 3.78. The Morgan fingerprint density at radius 2 is 1.72 bits per heavy atom. The van der Waals surface area contributed by atoms with E-state index in [0.717, 1.165) is 27.9 Å². The molecular weight excluding hydrogens is 360 g/mol. The van der Waals surface area contributed by atoms with Crippen molar-refractivity contribution < 1.29 is 9.21 Å². The van der Waals surface area contributed by atoms with Gasteiger partial charge < -0.3 is 9.32 Å². The van der Waals surface area contributed by atoms with Crippen LogP contribution in [0.1, 0.15) is 42.3 Å². The maximum Gasteiger partial charge on any atom is 0.258 e. The molecule has 4 aromatic rings. The van der Waals surface area contributed by atoms with Gasteiger partial charge in [-0.1, -0.05) is 51.1 Å². The van der Waals surface area contributed by atoms with Crippen molar-refractivity contribution in [1.29, 1.82) is 0 Å². The number of rotatable bonds is 2. The summed E-state index contributed by atoms with van der Waals surface area (Å²) < 4.78 is 6.04. The molecule has 0 spiro atoms. The number of fused-ring (bicyclic) bond motifs is 2. The summed E-state index contributed by atoms with van der Waals surface area (Å²) >= 11 is 0. The molecule has 29 heavy (non-hydrogen) atoms. The number of oxazole rings is 1. The van der Waals surface area contributed by atoms with Crippen LogP contribution in [0, 0.1) is 0 Å². The SMILES string of the molecule is CC(C)(C)c1ccc(-c2nc3ccc(N4Cc5ccccc5C4=O)cc3o2)cc1. The summed E-state index contributed by atoms with van der Waals surface area (Å²) in [6.07, 6.45) is 0. The van der Waals surface area contributed by atoms with Gasteiger partial charge in [0.2, 0.25) is 5.89 Å². The van der Waals surface area contributed by atoms with Gasteiger partial charge in [0.25, 0.3) is 5.91 Å². The summed E-state index contributed by atoms with van der Waals surface area (Å²) in [4.78, 5) is 19.2. The normalized spacial score (nSPS) is 13.9. The number of benzene rings is 3. The van der Waals surface area contributed by atoms with Gasteiger partial charge in [0.1, 0.15) is 5.52 Å². The van der Waals surface area contributed by atoms with Crippen molar-refractivity contribution in [2.24, 2.45) is 0 Å². The van der Waals surface area contributed by atoms with E-state index in [2.05, 4.69) is 37.9 Å². The van der Waals surface area contributed by atoms with E-state index in [9.17, 15) is 4.79 Å². The molecule has 0 saturated heterocycles. The highest BCUT2D eigenvalue weighted by molar-refractivity contribution is 6.10. The lowest BCUT2D eigenvalue weighted by Gasteiger charge is -2.18. The lowest BCUT2D eigenvalue weighted by atomic mass is 9.87. The first-order valence-electron chi connectivity index (χ1n) is 9.81. The van der Waals surface area contributed by atoms with Gasteiger partial charge in [-0.2, -0.15) is 0 Å². The summed E-state index contributed by atoms with van der Waals surface area (Å²) in [5, 5.41) is 0. The Labute approximate surface area is 169 Å². The Kier molecular flexibility index (Phi) is 3.85. The maximum atomic E-state index is 12.8. The Bertz CT molecular complexity index is 1230. The molecule has 1 amide bonds. The molecule has 3 aromatic carbocycles. The Balaban J connectivity index is 1.48. The van der Waals surface area contributed by atoms with Crippen LogP contribution < -0.4 is 4.90 Å². The summed E-state index contributed by atoms with van der Waals surface area (Å²) in [7, 11) is 0. The van der Waals surface area contributed by atoms with Gasteiger partial charge in [0, 0.05) is 22.9 Å². The van der Waals surface area contributed by atoms with E-state index < -0.39 is 0 Å². The van der Waals surface area contributed by atoms with E-state index in [-0.39, 0.29) is 11.3 Å². The van der Waals surface area contributed by atoms with E-state index in [1.165, 1.54) is 5.56 Å². The van der Waals surface area contributed by atoms with Crippen molar-refractivity contribution in [3.8, 4) is 11.5 Å². The minimum atomic E-state index is 0.0254. The summed E-state index contributed by atoms with van der Waals surface area (Å²) in [5.74, 6) is 0.617. The molecule has 0 bridgehead atoms. The molecule has 0 atom stereocenters. The Morgan fingerprint density at radius 3 is 2.45 bits per heavy atom. The maximum absolute atomic E-state index is 12.8. The average molecular weight is 382 g/mol. The Hall–Kier alpha value is -3.40. The molecule has 0 fully saturated rings. The lowest BCUT2D eigenvalue weighted by Crippen LogP contribution is -2.22. The zero-order valence-corrected chi connectivity index (χ0v) is 16.8. The van der Waals surface area contributed by atoms with E-state index in [1.807, 2.05) is 54.6 Å². The van der Waals surface area contributed by atoms with Crippen LogP contribution in [-0.4, -0.2) is 10.9 Å². The molecule has 0 N–H and O–H groups in total. The predicted molar refractivity (Wildman–Crippen MR) is 115 cm³/mol. The van der Waals surface area contributed by atoms with Gasteiger partial charge in [-0.25, -0.2) is 4.98 Å². The number of anilines is 1. The largest absolute Gasteiger partial charge is 0.436 e. The predicted octanol–water partition coefficient (Wildman–Crippen LogP) is 5.95. The average Bonchev–Trinajstić information content (AvgIpc) is 3.28. The third-order valence-electron chi connectivity index (χ3n) is 5.50. The van der Waals surface area contributed by atoms with Crippen LogP contribution >= 0.6 is 0 Å². The highest BCUT2D eigenvalue weighted by Gasteiger charge is 2.28. The number of carbonyl (C=O) groups excluding carboxylic acids is 1. The lowest BCUT2D eigenvalue weighted by molar-refractivity contribution is 0.0996. The van der Waals surface area contributed by atoms with Gasteiger partial charge in [-0.3, -0.25) is 4.79 Å². The third-order valence-corrected chi connectivity index (χ3v) is 5.50. The number of hydrogen-bond donors (Lipinski definition) is 0. The van der Waals surface area contributed by atoms with Gasteiger partial charge in [-0.15, -0.1) is 0 Å². The molecule has 4 heteroatoms. The van der Waals surface area contributed by atoms with Crippen LogP contribution in [0.15, 0.2) is 71.1 Å². The monoisotopic (exact) mass is 382 g/mol. The molecule has 1 aromatic heterocycles. The molecule has 2 heterocycles. The second kappa shape index (κ2) is 6.31. The third kappa shape index (κ3) is 3.01. The van der Waals surface area contributed by atoms with Crippen molar-refractivity contribution in [3.05, 3.63) is 83.4 Å². The quantitative estimate of drug-likeness (QED) is 0.430. The number of carbonyl (C=O) groups is 1. The summed E-state index contributed by atoms with van der Waals surface area (Å²) in [5.41, 5.74) is 6.43. The summed E-state index contributed by atoms with van der Waals surface area (Å²) in [6, 6.07) is 21.8. The van der Waals surface area contributed by atoms with E-state index in [1.54, 1.807) is 4.90 Å². The smallest absolute Gasteiger partial charge is 0.258 e. The molecule has 144 valence electrons. The van der Waals surface area contributed by atoms with Crippen LogP contribution in [0.25, 0.3) is 22.6 Å². The van der Waals surface area contributed by atoms with Crippen LogP contribution in [0.3, 0.4) is 0 Å². The minimum absolute atomic E-state index is 0.0254. The standard InChI is InChI=1S/C25H22N2O2/c1-25(2,3)18-10-8-16(9-11-18)23-26-21-13-12-19(14-22(21)29-23)27-15-17-6-4-5-7-20(17)24(27)28/h4-14H,15H2,1-3H3. The highest BCUT2D eigenvalue weighted by Crippen LogP contribution is 2.32. The molecule has 5 rings (SSSR count). The van der Waals surface area contributed by atoms with Gasteiger partial charge in [0.15, 0.2) is 5.58 Å². The molecule has 0 unspecified atom stereocenters. The van der Waals surface area contributed by atoms with Crippen molar-refractivity contribution in [1.82, 2.24) is 4.98 Å². The molecule has 0 saturated carbocycles. The van der Waals surface area contributed by atoms with Crippen molar-refractivity contribution in [3.63, 3.8) is 0 Å². The highest BCUT2D eigenvalue weighted by atomic mass is 16.3. The number of hydrogen-bond acceptors (Lipinski definition) is 3. The van der Waals surface area contributed by atoms with Crippen molar-refractivity contribution in [2.45, 2.75) is 32.7 Å². The van der Waals surface area contributed by atoms with E-state index in [0.29, 0.717) is 18.0 Å². The number of amides is 1. The second-order valence-electron chi connectivity index (χ2n) is 8.55. The topological polar surface area (TPSA) is 46.3 Å². The molecule has 0 radical (unpaired) electrons. The zero-order valence-electron chi connectivity index (χ0n) is 16.8. The fourth-order valence-electron chi connectivity index (χ4n) is 3.78. The number of nitrogens with zero attached hydrogens (tertiary/aromatic N) is 2. The van der Waals surface area contributed by atoms with Crippen molar-refractivity contribution in [2.75, 3.05) is 4.90 Å². The summed E-state index contributed by atoms with van der Waals surface area (Å²) in [6.45, 7) is 7.17. The fraction of sp³-hybridized carbons (Fsp3) is 0.200. The Morgan fingerprint density at radius 1 is 0.966 bits per heavy atom. The molecule has 1 aliphatic heterocycles. The van der Waals surface area contributed by atoms with E-state index >= 15 is 0 Å². The molecule has 4 nitrogen and oxygen atoms in total. The molecule has 1 aliphatic rings. The molecule has 0 aliphatic carbocycles. The van der Waals surface area contributed by atoms with Gasteiger partial charge in [-0.05, 0) is 46.9 Å². The van der Waals surface area contributed by atoms with E-state index in [4.69, 9.17) is 4.42 Å². The second-order valence-corrected chi connectivity index (χ2v) is 8.55. The first-order valence-corrected chi connectivity index (χ1v) is 9.81. The van der Waals surface area contributed by atoms with Crippen LogP contribution in [-0.2, 0) is 12.0 Å². The van der Waals surface area contributed by atoms with Gasteiger partial charge in [0.05, 0.1) is 6.54 Å². The molecular formula is C25H22N2O2. The first kappa shape index (κ1) is 17.7. The zero-order chi connectivity index (χ0) is 20.2. The first-order chi connectivity index (χ1) is 13.9. The van der Waals surface area contributed by atoms with Crippen LogP contribution in [0.2, 0.25) is 0 Å². The van der Waals surface area contributed by atoms with Crippen LogP contribution in [0.4, 0.5) is 5.69 Å². The minimum Gasteiger partial charge on any atom is -0.436 e. The van der Waals surface area contributed by atoms with Gasteiger partial charge >= 0.3 is 0 Å².